The Bertz CT molecular complexity index is 1190. The lowest BCUT2D eigenvalue weighted by molar-refractivity contribution is -0.139. The maximum Gasteiger partial charge on any atom is 0.295 e. The van der Waals surface area contributed by atoms with Gasteiger partial charge in [0.25, 0.3) is 11.7 Å². The van der Waals surface area contributed by atoms with Gasteiger partial charge in [0.15, 0.2) is 11.5 Å². The van der Waals surface area contributed by atoms with Crippen LogP contribution in [-0.2, 0) is 9.59 Å². The van der Waals surface area contributed by atoms with Crippen LogP contribution in [0.15, 0.2) is 48.0 Å². The molecule has 3 rings (SSSR count). The number of ketones is 1. The van der Waals surface area contributed by atoms with Crippen LogP contribution < -0.4 is 14.2 Å². The van der Waals surface area contributed by atoms with Crippen LogP contribution in [0.25, 0.3) is 5.76 Å². The largest absolute Gasteiger partial charge is 0.507 e. The van der Waals surface area contributed by atoms with Gasteiger partial charge in [0, 0.05) is 12.1 Å². The molecule has 8 nitrogen and oxygen atoms in total. The average Bonchev–Trinajstić information content (AvgIpc) is 3.17. The highest BCUT2D eigenvalue weighted by Crippen LogP contribution is 2.42. The molecule has 1 unspecified atom stereocenters. The Morgan fingerprint density at radius 2 is 1.80 bits per heavy atom. The van der Waals surface area contributed by atoms with Crippen molar-refractivity contribution >= 4 is 17.4 Å². The highest BCUT2D eigenvalue weighted by atomic mass is 16.5. The van der Waals surface area contributed by atoms with E-state index in [4.69, 9.17) is 14.2 Å². The second kappa shape index (κ2) is 14.7. The fourth-order valence-corrected chi connectivity index (χ4v) is 4.62. The minimum atomic E-state index is -0.773. The summed E-state index contributed by atoms with van der Waals surface area (Å²) in [5.74, 6) is 0.634. The molecule has 1 aliphatic heterocycles. The van der Waals surface area contributed by atoms with Crippen molar-refractivity contribution in [1.29, 1.82) is 0 Å². The summed E-state index contributed by atoms with van der Waals surface area (Å²) in [5, 5.41) is 11.5. The lowest BCUT2D eigenvalue weighted by Gasteiger charge is -2.26. The maximum atomic E-state index is 13.4. The van der Waals surface area contributed by atoms with Crippen LogP contribution in [0.5, 0.6) is 17.2 Å². The number of Topliss-reactive ketones (excluding diaryl/α,β-unsaturated/α-hetero) is 1. The molecule has 1 amide bonds. The molecular weight excluding hydrogens is 508 g/mol. The first-order chi connectivity index (χ1) is 19.2. The number of ether oxygens (including phenoxy) is 3. The van der Waals surface area contributed by atoms with Gasteiger partial charge in [-0.05, 0) is 75.6 Å². The van der Waals surface area contributed by atoms with Gasteiger partial charge in [-0.2, -0.15) is 0 Å². The van der Waals surface area contributed by atoms with E-state index in [2.05, 4.69) is 20.8 Å². The number of aliphatic hydroxyl groups is 1. The number of aliphatic hydroxyl groups excluding tert-OH is 1. The molecule has 0 spiro atoms. The second-order valence-electron chi connectivity index (χ2n) is 10.8. The molecule has 1 aliphatic rings. The van der Waals surface area contributed by atoms with Crippen molar-refractivity contribution in [2.75, 3.05) is 47.5 Å². The van der Waals surface area contributed by atoms with Crippen molar-refractivity contribution in [3.05, 3.63) is 59.2 Å². The topological polar surface area (TPSA) is 88.5 Å². The van der Waals surface area contributed by atoms with Crippen molar-refractivity contribution < 1.29 is 28.9 Å². The third-order valence-electron chi connectivity index (χ3n) is 6.87. The average molecular weight is 553 g/mol. The Morgan fingerprint density at radius 1 is 1.02 bits per heavy atom. The number of carbonyl (C=O) groups is 2. The number of unbranched alkanes of at least 4 members (excludes halogenated alkanes) is 1. The van der Waals surface area contributed by atoms with Crippen molar-refractivity contribution in [1.82, 2.24) is 9.80 Å². The number of methoxy groups -OCH3 is 1. The summed E-state index contributed by atoms with van der Waals surface area (Å²) in [5.41, 5.74) is 1.14. The molecule has 1 heterocycles. The summed E-state index contributed by atoms with van der Waals surface area (Å²) in [6, 6.07) is 11.6. The highest BCUT2D eigenvalue weighted by molar-refractivity contribution is 6.46. The van der Waals surface area contributed by atoms with E-state index in [-0.39, 0.29) is 11.3 Å². The predicted molar refractivity (Wildman–Crippen MR) is 157 cm³/mol. The quantitative estimate of drug-likeness (QED) is 0.132. The smallest absolute Gasteiger partial charge is 0.295 e. The van der Waals surface area contributed by atoms with Gasteiger partial charge in [0.2, 0.25) is 0 Å². The Labute approximate surface area is 238 Å². The number of amides is 1. The fourth-order valence-electron chi connectivity index (χ4n) is 4.62. The van der Waals surface area contributed by atoms with Gasteiger partial charge in [0.05, 0.1) is 31.9 Å². The van der Waals surface area contributed by atoms with Gasteiger partial charge in [0.1, 0.15) is 11.5 Å². The summed E-state index contributed by atoms with van der Waals surface area (Å²) < 4.78 is 17.4. The van der Waals surface area contributed by atoms with Crippen molar-refractivity contribution in [2.24, 2.45) is 5.92 Å². The maximum absolute atomic E-state index is 13.4. The van der Waals surface area contributed by atoms with Crippen molar-refractivity contribution in [2.45, 2.75) is 52.5 Å². The number of rotatable bonds is 15. The molecule has 0 bridgehead atoms. The molecule has 0 radical (unpaired) electrons. The molecule has 40 heavy (non-hydrogen) atoms. The van der Waals surface area contributed by atoms with Gasteiger partial charge in [-0.25, -0.2) is 0 Å². The van der Waals surface area contributed by atoms with E-state index in [0.717, 1.165) is 25.8 Å². The molecule has 1 N–H and O–H groups in total. The second-order valence-corrected chi connectivity index (χ2v) is 10.8. The number of carbonyl (C=O) groups excluding carboxylic acids is 2. The van der Waals surface area contributed by atoms with Gasteiger partial charge in [-0.1, -0.05) is 45.4 Å². The van der Waals surface area contributed by atoms with Crippen LogP contribution in [0.2, 0.25) is 0 Å². The molecule has 1 saturated heterocycles. The zero-order valence-electron chi connectivity index (χ0n) is 24.7. The van der Waals surface area contributed by atoms with Gasteiger partial charge >= 0.3 is 0 Å². The predicted octanol–water partition coefficient (Wildman–Crippen LogP) is 5.67. The monoisotopic (exact) mass is 552 g/mol. The Hall–Kier alpha value is -3.52. The van der Waals surface area contributed by atoms with E-state index >= 15 is 0 Å². The highest BCUT2D eigenvalue weighted by Gasteiger charge is 2.46. The van der Waals surface area contributed by atoms with E-state index in [1.807, 2.05) is 31.1 Å². The van der Waals surface area contributed by atoms with E-state index in [9.17, 15) is 14.7 Å². The molecular formula is C32H44N2O6. The first-order valence-corrected chi connectivity index (χ1v) is 14.1. The molecule has 8 heteroatoms. The van der Waals surface area contributed by atoms with Gasteiger partial charge in [-0.15, -0.1) is 0 Å². The summed E-state index contributed by atoms with van der Waals surface area (Å²) in [4.78, 5) is 30.3. The zero-order chi connectivity index (χ0) is 29.2. The molecule has 2 aromatic carbocycles. The SMILES string of the molecule is CCCCOc1cccc(C(O)=C2C(=O)C(=O)N(CCCN(C)C)C2c2ccc(OCCC(C)C)c(OC)c2)c1. The first-order valence-electron chi connectivity index (χ1n) is 14.1. The Kier molecular flexibility index (Phi) is 11.4. The lowest BCUT2D eigenvalue weighted by Crippen LogP contribution is -2.32. The van der Waals surface area contributed by atoms with Crippen LogP contribution >= 0.6 is 0 Å². The third-order valence-corrected chi connectivity index (χ3v) is 6.87. The lowest BCUT2D eigenvalue weighted by atomic mass is 9.95. The Balaban J connectivity index is 2.05. The van der Waals surface area contributed by atoms with Crippen LogP contribution in [0.3, 0.4) is 0 Å². The standard InChI is InChI=1S/C32H44N2O6/c1-7-8-18-39-25-12-9-11-24(20-25)30(35)28-29(34(32(37)31(28)36)17-10-16-33(4)5)23-13-14-26(27(21-23)38-6)40-19-15-22(2)3/h9,11-14,20-22,29,35H,7-8,10,15-19H2,1-6H3. The van der Waals surface area contributed by atoms with Crippen molar-refractivity contribution in [3.63, 3.8) is 0 Å². The molecule has 0 aliphatic carbocycles. The number of benzene rings is 2. The van der Waals surface area contributed by atoms with E-state index in [0.29, 0.717) is 60.5 Å². The van der Waals surface area contributed by atoms with Crippen LogP contribution in [0.4, 0.5) is 0 Å². The summed E-state index contributed by atoms with van der Waals surface area (Å²) in [7, 11) is 5.49. The molecule has 0 saturated carbocycles. The molecule has 1 atom stereocenters. The van der Waals surface area contributed by atoms with E-state index in [1.54, 1.807) is 42.3 Å². The number of hydrogen-bond donors (Lipinski definition) is 1. The minimum Gasteiger partial charge on any atom is -0.507 e. The number of likely N-dealkylation sites (tertiary alicyclic amines) is 1. The molecule has 2 aromatic rings. The molecule has 1 fully saturated rings. The van der Waals surface area contributed by atoms with E-state index in [1.165, 1.54) is 0 Å². The first kappa shape index (κ1) is 31.0. The van der Waals surface area contributed by atoms with Crippen LogP contribution in [0, 0.1) is 5.92 Å². The zero-order valence-corrected chi connectivity index (χ0v) is 24.7. The normalized spacial score (nSPS) is 16.7. The Morgan fingerprint density at radius 3 is 2.48 bits per heavy atom. The van der Waals surface area contributed by atoms with E-state index < -0.39 is 17.7 Å². The van der Waals surface area contributed by atoms with Gasteiger partial charge < -0.3 is 29.1 Å². The third kappa shape index (κ3) is 7.78. The summed E-state index contributed by atoms with van der Waals surface area (Å²) in [6.45, 7) is 8.57. The van der Waals surface area contributed by atoms with Crippen LogP contribution in [0.1, 0.15) is 63.6 Å². The number of hydrogen-bond acceptors (Lipinski definition) is 7. The molecule has 0 aromatic heterocycles. The van der Waals surface area contributed by atoms with Gasteiger partial charge in [-0.3, -0.25) is 9.59 Å². The van der Waals surface area contributed by atoms with Crippen molar-refractivity contribution in [3.8, 4) is 17.2 Å². The molecule has 218 valence electrons. The summed E-state index contributed by atoms with van der Waals surface area (Å²) >= 11 is 0. The van der Waals surface area contributed by atoms with Crippen LogP contribution in [-0.4, -0.2) is 74.1 Å². The fraction of sp³-hybridized carbons (Fsp3) is 0.500. The minimum absolute atomic E-state index is 0.0519. The summed E-state index contributed by atoms with van der Waals surface area (Å²) in [6.07, 6.45) is 3.48. The number of nitrogens with zero attached hydrogens (tertiary/aromatic N) is 2.